The Labute approximate surface area is 121 Å². The second kappa shape index (κ2) is 6.24. The van der Waals surface area contributed by atoms with Crippen molar-refractivity contribution in [3.8, 4) is 0 Å². The predicted octanol–water partition coefficient (Wildman–Crippen LogP) is 2.09. The van der Waals surface area contributed by atoms with Gasteiger partial charge < -0.3 is 19.6 Å². The minimum Gasteiger partial charge on any atom is -0.451 e. The molecule has 6 heteroatoms. The van der Waals surface area contributed by atoms with Crippen LogP contribution in [-0.2, 0) is 4.74 Å². The molecule has 1 unspecified atom stereocenters. The molecular weight excluding hydrogens is 277 g/mol. The van der Waals surface area contributed by atoms with Gasteiger partial charge in [0, 0.05) is 19.1 Å². The van der Waals surface area contributed by atoms with E-state index in [2.05, 4.69) is 5.32 Å². The lowest BCUT2D eigenvalue weighted by Gasteiger charge is -2.28. The van der Waals surface area contributed by atoms with E-state index >= 15 is 0 Å². The van der Waals surface area contributed by atoms with Gasteiger partial charge in [-0.1, -0.05) is 0 Å². The molecular formula is C15H18FNO4. The number of hydrogen-bond acceptors (Lipinski definition) is 4. The van der Waals surface area contributed by atoms with Gasteiger partial charge >= 0.3 is 0 Å². The largest absolute Gasteiger partial charge is 0.451 e. The smallest absolute Gasteiger partial charge is 0.287 e. The third kappa shape index (κ3) is 3.59. The first-order valence-corrected chi connectivity index (χ1v) is 6.59. The molecule has 0 radical (unpaired) electrons. The van der Waals surface area contributed by atoms with Crippen molar-refractivity contribution >= 4 is 16.9 Å². The second-order valence-electron chi connectivity index (χ2n) is 5.21. The van der Waals surface area contributed by atoms with Crippen LogP contribution >= 0.6 is 0 Å². The Morgan fingerprint density at radius 2 is 2.24 bits per heavy atom. The molecule has 0 aliphatic heterocycles. The maximum atomic E-state index is 13.1. The fourth-order valence-electron chi connectivity index (χ4n) is 2.20. The third-order valence-electron chi connectivity index (χ3n) is 3.24. The number of nitrogens with one attached hydrogen (secondary N) is 1. The van der Waals surface area contributed by atoms with E-state index in [9.17, 15) is 9.18 Å². The zero-order valence-corrected chi connectivity index (χ0v) is 12.0. The Morgan fingerprint density at radius 1 is 1.48 bits per heavy atom. The first-order chi connectivity index (χ1) is 9.97. The number of hydrogen-bond donors (Lipinski definition) is 2. The number of rotatable bonds is 6. The standard InChI is InChI=1S/C15H18FNO4/c1-15(5-6-18,9-20-2)17-14(19)13-8-10-7-11(16)3-4-12(10)21-13/h3-4,7-8,18H,5-6,9H2,1-2H3,(H,17,19). The van der Waals surface area contributed by atoms with Crippen LogP contribution in [0.15, 0.2) is 28.7 Å². The summed E-state index contributed by atoms with van der Waals surface area (Å²) in [5, 5.41) is 12.4. The van der Waals surface area contributed by atoms with E-state index < -0.39 is 11.4 Å². The molecule has 114 valence electrons. The van der Waals surface area contributed by atoms with Crippen LogP contribution in [0.4, 0.5) is 4.39 Å². The summed E-state index contributed by atoms with van der Waals surface area (Å²) >= 11 is 0. The predicted molar refractivity (Wildman–Crippen MR) is 75.6 cm³/mol. The molecule has 1 aromatic carbocycles. The van der Waals surface area contributed by atoms with Gasteiger partial charge in [-0.15, -0.1) is 0 Å². The topological polar surface area (TPSA) is 71.7 Å². The number of amides is 1. The maximum absolute atomic E-state index is 13.1. The summed E-state index contributed by atoms with van der Waals surface area (Å²) < 4.78 is 23.6. The quantitative estimate of drug-likeness (QED) is 0.856. The molecule has 1 heterocycles. The van der Waals surface area contributed by atoms with Crippen LogP contribution in [0.2, 0.25) is 0 Å². The van der Waals surface area contributed by atoms with Crippen molar-refractivity contribution in [2.24, 2.45) is 0 Å². The molecule has 0 spiro atoms. The first-order valence-electron chi connectivity index (χ1n) is 6.59. The minimum atomic E-state index is -0.704. The van der Waals surface area contributed by atoms with E-state index in [0.29, 0.717) is 17.4 Å². The van der Waals surface area contributed by atoms with Crippen molar-refractivity contribution in [2.75, 3.05) is 20.3 Å². The van der Waals surface area contributed by atoms with E-state index in [1.54, 1.807) is 6.92 Å². The molecule has 0 saturated heterocycles. The summed E-state index contributed by atoms with van der Waals surface area (Å²) in [6, 6.07) is 5.54. The SMILES string of the molecule is COCC(C)(CCO)NC(=O)c1cc2cc(F)ccc2o1. The first kappa shape index (κ1) is 15.5. The van der Waals surface area contributed by atoms with Crippen LogP contribution < -0.4 is 5.32 Å². The fraction of sp³-hybridized carbons (Fsp3) is 0.400. The summed E-state index contributed by atoms with van der Waals surface area (Å²) in [7, 11) is 1.52. The number of ether oxygens (including phenoxy) is 1. The van der Waals surface area contributed by atoms with Crippen molar-refractivity contribution in [1.82, 2.24) is 5.32 Å². The molecule has 2 N–H and O–H groups in total. The summed E-state index contributed by atoms with van der Waals surface area (Å²) in [5.41, 5.74) is -0.262. The molecule has 0 bridgehead atoms. The van der Waals surface area contributed by atoms with Crippen molar-refractivity contribution < 1.29 is 23.4 Å². The molecule has 21 heavy (non-hydrogen) atoms. The highest BCUT2D eigenvalue weighted by Crippen LogP contribution is 2.21. The summed E-state index contributed by atoms with van der Waals surface area (Å²) in [6.07, 6.45) is 0.349. The van der Waals surface area contributed by atoms with Gasteiger partial charge in [-0.25, -0.2) is 4.39 Å². The number of fused-ring (bicyclic) bond motifs is 1. The lowest BCUT2D eigenvalue weighted by Crippen LogP contribution is -2.49. The summed E-state index contributed by atoms with van der Waals surface area (Å²) in [5.74, 6) is -0.727. The number of halogens is 1. The summed E-state index contributed by atoms with van der Waals surface area (Å²) in [6.45, 7) is 1.95. The molecule has 2 aromatic rings. The Hall–Kier alpha value is -1.92. The van der Waals surface area contributed by atoms with Gasteiger partial charge in [-0.2, -0.15) is 0 Å². The normalized spacial score (nSPS) is 14.1. The van der Waals surface area contributed by atoms with Crippen LogP contribution in [0.3, 0.4) is 0 Å². The van der Waals surface area contributed by atoms with Crippen molar-refractivity contribution in [3.05, 3.63) is 35.8 Å². The van der Waals surface area contributed by atoms with Gasteiger partial charge in [0.05, 0.1) is 12.1 Å². The number of aliphatic hydroxyl groups excluding tert-OH is 1. The van der Waals surface area contributed by atoms with E-state index in [0.717, 1.165) is 0 Å². The van der Waals surface area contributed by atoms with Gasteiger partial charge in [-0.3, -0.25) is 4.79 Å². The number of methoxy groups -OCH3 is 1. The molecule has 2 rings (SSSR count). The molecule has 0 saturated carbocycles. The molecule has 1 aromatic heterocycles. The highest BCUT2D eigenvalue weighted by molar-refractivity contribution is 5.96. The highest BCUT2D eigenvalue weighted by atomic mass is 19.1. The van der Waals surface area contributed by atoms with Gasteiger partial charge in [0.1, 0.15) is 11.4 Å². The monoisotopic (exact) mass is 295 g/mol. The van der Waals surface area contributed by atoms with Crippen LogP contribution in [-0.4, -0.2) is 36.9 Å². The molecule has 0 aliphatic carbocycles. The molecule has 5 nitrogen and oxygen atoms in total. The molecule has 1 atom stereocenters. The average molecular weight is 295 g/mol. The highest BCUT2D eigenvalue weighted by Gasteiger charge is 2.27. The zero-order valence-electron chi connectivity index (χ0n) is 12.0. The number of benzene rings is 1. The van der Waals surface area contributed by atoms with Gasteiger partial charge in [0.2, 0.25) is 0 Å². The number of carbonyl (C=O) groups is 1. The van der Waals surface area contributed by atoms with Crippen LogP contribution in [0, 0.1) is 5.82 Å². The van der Waals surface area contributed by atoms with Crippen LogP contribution in [0.25, 0.3) is 11.0 Å². The Morgan fingerprint density at radius 3 is 2.90 bits per heavy atom. The number of furan rings is 1. The van der Waals surface area contributed by atoms with Crippen LogP contribution in [0.1, 0.15) is 23.9 Å². The van der Waals surface area contributed by atoms with E-state index in [-0.39, 0.29) is 24.8 Å². The maximum Gasteiger partial charge on any atom is 0.287 e. The zero-order chi connectivity index (χ0) is 15.5. The Kier molecular flexibility index (Phi) is 4.59. The fourth-order valence-corrected chi connectivity index (χ4v) is 2.20. The Balaban J connectivity index is 2.21. The van der Waals surface area contributed by atoms with Crippen molar-refractivity contribution in [1.29, 1.82) is 0 Å². The van der Waals surface area contributed by atoms with Gasteiger partial charge in [-0.05, 0) is 37.6 Å². The van der Waals surface area contributed by atoms with E-state index in [4.69, 9.17) is 14.3 Å². The third-order valence-corrected chi connectivity index (χ3v) is 3.24. The van der Waals surface area contributed by atoms with Gasteiger partial charge in [0.25, 0.3) is 5.91 Å². The lowest BCUT2D eigenvalue weighted by molar-refractivity contribution is 0.0705. The van der Waals surface area contributed by atoms with E-state index in [1.807, 2.05) is 0 Å². The van der Waals surface area contributed by atoms with Crippen molar-refractivity contribution in [3.63, 3.8) is 0 Å². The van der Waals surface area contributed by atoms with Crippen molar-refractivity contribution in [2.45, 2.75) is 18.9 Å². The second-order valence-corrected chi connectivity index (χ2v) is 5.21. The van der Waals surface area contributed by atoms with Crippen LogP contribution in [0.5, 0.6) is 0 Å². The lowest BCUT2D eigenvalue weighted by atomic mass is 9.99. The number of aliphatic hydroxyl groups is 1. The average Bonchev–Trinajstić information content (AvgIpc) is 2.82. The molecule has 1 amide bonds. The molecule has 0 aliphatic rings. The minimum absolute atomic E-state index is 0.0779. The summed E-state index contributed by atoms with van der Waals surface area (Å²) in [4.78, 5) is 12.2. The van der Waals surface area contributed by atoms with E-state index in [1.165, 1.54) is 31.4 Å². The number of carbonyl (C=O) groups excluding carboxylic acids is 1. The van der Waals surface area contributed by atoms with Gasteiger partial charge in [0.15, 0.2) is 5.76 Å². The molecule has 0 fully saturated rings. The Bertz CT molecular complexity index is 632.